The van der Waals surface area contributed by atoms with E-state index in [2.05, 4.69) is 150 Å². The highest BCUT2D eigenvalue weighted by Gasteiger charge is 2.16. The van der Waals surface area contributed by atoms with E-state index in [1.165, 1.54) is 22.3 Å². The second kappa shape index (κ2) is 12.9. The van der Waals surface area contributed by atoms with Gasteiger partial charge in [-0.05, 0) is 100 Å². The van der Waals surface area contributed by atoms with Crippen molar-refractivity contribution in [2.24, 2.45) is 0 Å². The average molecular weight is 681 g/mol. The Morgan fingerprint density at radius 3 is 1.38 bits per heavy atom. The van der Waals surface area contributed by atoms with Crippen molar-refractivity contribution >= 4 is 50.1 Å². The van der Waals surface area contributed by atoms with Crippen LogP contribution in [-0.4, -0.2) is 4.98 Å². The zero-order valence-corrected chi connectivity index (χ0v) is 28.7. The van der Waals surface area contributed by atoms with Crippen LogP contribution in [0.2, 0.25) is 0 Å². The van der Waals surface area contributed by atoms with Crippen molar-refractivity contribution in [3.63, 3.8) is 0 Å². The Bertz CT molecular complexity index is 2840. The van der Waals surface area contributed by atoms with Gasteiger partial charge >= 0.3 is 0 Å². The van der Waals surface area contributed by atoms with Crippen LogP contribution in [0, 0.1) is 0 Å². The molecule has 0 saturated heterocycles. The minimum Gasteiger partial charge on any atom is -0.456 e. The number of aromatic nitrogens is 1. The molecule has 0 unspecified atom stereocenters. The molecule has 0 radical (unpaired) electrons. The maximum atomic E-state index is 6.39. The molecule has 4 nitrogen and oxygen atoms in total. The van der Waals surface area contributed by atoms with Gasteiger partial charge in [-0.2, -0.15) is 0 Å². The third kappa shape index (κ3) is 5.73. The number of hydrogen-bond donors (Lipinski definition) is 0. The first kappa shape index (κ1) is 30.6. The average Bonchev–Trinajstić information content (AvgIpc) is 3.82. The van der Waals surface area contributed by atoms with Gasteiger partial charge in [-0.25, -0.2) is 4.98 Å². The number of rotatable bonds is 7. The number of furan rings is 1. The normalized spacial score (nSPS) is 11.4. The molecule has 53 heavy (non-hydrogen) atoms. The Labute approximate surface area is 306 Å². The van der Waals surface area contributed by atoms with E-state index in [-0.39, 0.29) is 0 Å². The summed E-state index contributed by atoms with van der Waals surface area (Å²) in [5, 5.41) is 2.06. The van der Waals surface area contributed by atoms with Crippen molar-refractivity contribution in [2.75, 3.05) is 4.90 Å². The van der Waals surface area contributed by atoms with Gasteiger partial charge in [0.1, 0.15) is 16.7 Å². The van der Waals surface area contributed by atoms with Gasteiger partial charge in [0, 0.05) is 39.5 Å². The Balaban J connectivity index is 0.939. The fourth-order valence-corrected chi connectivity index (χ4v) is 7.20. The molecule has 0 amide bonds. The molecule has 10 rings (SSSR count). The molecule has 0 atom stereocenters. The first-order valence-electron chi connectivity index (χ1n) is 17.8. The fraction of sp³-hybridized carbons (Fsp3) is 0. The van der Waals surface area contributed by atoms with Crippen LogP contribution >= 0.6 is 0 Å². The molecule has 0 N–H and O–H groups in total. The van der Waals surface area contributed by atoms with E-state index in [0.717, 1.165) is 66.8 Å². The van der Waals surface area contributed by atoms with Crippen molar-refractivity contribution in [3.05, 3.63) is 194 Å². The maximum absolute atomic E-state index is 6.39. The molecule has 8 aromatic carbocycles. The molecule has 0 bridgehead atoms. The van der Waals surface area contributed by atoms with E-state index in [9.17, 15) is 0 Å². The summed E-state index contributed by atoms with van der Waals surface area (Å²) in [5.41, 5.74) is 14.4. The number of fused-ring (bicyclic) bond motifs is 4. The number of para-hydroxylation sites is 1. The van der Waals surface area contributed by atoms with E-state index in [0.29, 0.717) is 5.89 Å². The van der Waals surface area contributed by atoms with Gasteiger partial charge in [0.2, 0.25) is 5.89 Å². The van der Waals surface area contributed by atoms with E-state index in [4.69, 9.17) is 13.8 Å². The van der Waals surface area contributed by atoms with Crippen LogP contribution in [0.25, 0.3) is 77.9 Å². The topological polar surface area (TPSA) is 42.4 Å². The lowest BCUT2D eigenvalue weighted by Gasteiger charge is -2.26. The minimum atomic E-state index is 0.608. The molecule has 0 aliphatic rings. The lowest BCUT2D eigenvalue weighted by atomic mass is 10.00. The van der Waals surface area contributed by atoms with E-state index < -0.39 is 0 Å². The quantitative estimate of drug-likeness (QED) is 0.168. The first-order chi connectivity index (χ1) is 26.2. The molecule has 0 fully saturated rings. The van der Waals surface area contributed by atoms with Gasteiger partial charge in [0.15, 0.2) is 5.58 Å². The molecule has 4 heteroatoms. The zero-order chi connectivity index (χ0) is 35.1. The lowest BCUT2D eigenvalue weighted by Crippen LogP contribution is -2.09. The lowest BCUT2D eigenvalue weighted by molar-refractivity contribution is 0.620. The van der Waals surface area contributed by atoms with Crippen molar-refractivity contribution in [1.82, 2.24) is 4.98 Å². The summed E-state index contributed by atoms with van der Waals surface area (Å²) in [7, 11) is 0. The third-order valence-corrected chi connectivity index (χ3v) is 9.93. The highest BCUT2D eigenvalue weighted by molar-refractivity contribution is 6.09. The number of nitrogens with zero attached hydrogens (tertiary/aromatic N) is 2. The van der Waals surface area contributed by atoms with Gasteiger partial charge in [-0.15, -0.1) is 0 Å². The summed E-state index contributed by atoms with van der Waals surface area (Å²) in [6.45, 7) is 0. The zero-order valence-electron chi connectivity index (χ0n) is 28.7. The summed E-state index contributed by atoms with van der Waals surface area (Å²) < 4.78 is 12.5. The van der Waals surface area contributed by atoms with Crippen LogP contribution in [0.1, 0.15) is 0 Å². The standard InChI is InChI=1S/C49H32N2O2/c1-4-10-33(11-5-1)34-16-18-35(19-17-34)36-20-25-41(26-21-36)51(40-14-8-3-9-15-40)42-27-22-37(23-28-42)39-24-29-43-44-31-48-45(32-47(44)52-46(43)30-39)50-49(53-48)38-12-6-2-7-13-38/h1-32H. The van der Waals surface area contributed by atoms with Crippen LogP contribution in [0.3, 0.4) is 0 Å². The highest BCUT2D eigenvalue weighted by atomic mass is 16.4. The van der Waals surface area contributed by atoms with E-state index in [1.54, 1.807) is 0 Å². The molecule has 0 aliphatic carbocycles. The molecule has 10 aromatic rings. The number of anilines is 3. The highest BCUT2D eigenvalue weighted by Crippen LogP contribution is 2.39. The number of benzene rings is 8. The summed E-state index contributed by atoms with van der Waals surface area (Å²) in [6, 6.07) is 67.7. The SMILES string of the molecule is c1ccc(-c2ccc(-c3ccc(N(c4ccccc4)c4ccc(-c5ccc6c(c5)oc5cc7nc(-c8ccccc8)oc7cc56)cc4)cc3)cc2)cc1. The third-order valence-electron chi connectivity index (χ3n) is 9.93. The van der Waals surface area contributed by atoms with Crippen molar-refractivity contribution in [3.8, 4) is 44.8 Å². The minimum absolute atomic E-state index is 0.608. The van der Waals surface area contributed by atoms with Crippen molar-refractivity contribution < 1.29 is 8.83 Å². The van der Waals surface area contributed by atoms with Crippen molar-refractivity contribution in [2.45, 2.75) is 0 Å². The smallest absolute Gasteiger partial charge is 0.227 e. The van der Waals surface area contributed by atoms with Gasteiger partial charge < -0.3 is 13.7 Å². The number of oxazole rings is 1. The van der Waals surface area contributed by atoms with E-state index in [1.807, 2.05) is 48.5 Å². The Kier molecular flexibility index (Phi) is 7.43. The fourth-order valence-electron chi connectivity index (χ4n) is 7.20. The molecule has 0 aliphatic heterocycles. The second-order valence-electron chi connectivity index (χ2n) is 13.2. The second-order valence-corrected chi connectivity index (χ2v) is 13.2. The molecular weight excluding hydrogens is 649 g/mol. The summed E-state index contributed by atoms with van der Waals surface area (Å²) in [5.74, 6) is 0.608. The monoisotopic (exact) mass is 680 g/mol. The van der Waals surface area contributed by atoms with Crippen LogP contribution in [0.5, 0.6) is 0 Å². The van der Waals surface area contributed by atoms with Crippen LogP contribution in [-0.2, 0) is 0 Å². The van der Waals surface area contributed by atoms with Crippen molar-refractivity contribution in [1.29, 1.82) is 0 Å². The predicted molar refractivity (Wildman–Crippen MR) is 218 cm³/mol. The van der Waals surface area contributed by atoms with Gasteiger partial charge in [-0.3, -0.25) is 0 Å². The van der Waals surface area contributed by atoms with Gasteiger partial charge in [0.05, 0.1) is 0 Å². The molecule has 250 valence electrons. The Morgan fingerprint density at radius 2 is 0.774 bits per heavy atom. The first-order valence-corrected chi connectivity index (χ1v) is 17.8. The maximum Gasteiger partial charge on any atom is 0.227 e. The molecular formula is C49H32N2O2. The summed E-state index contributed by atoms with van der Waals surface area (Å²) in [6.07, 6.45) is 0. The van der Waals surface area contributed by atoms with Crippen LogP contribution in [0.4, 0.5) is 17.1 Å². The predicted octanol–water partition coefficient (Wildman–Crippen LogP) is 13.9. The molecule has 2 aromatic heterocycles. The number of hydrogen-bond acceptors (Lipinski definition) is 4. The molecule has 0 spiro atoms. The summed E-state index contributed by atoms with van der Waals surface area (Å²) in [4.78, 5) is 7.03. The van der Waals surface area contributed by atoms with Gasteiger partial charge in [-0.1, -0.05) is 121 Å². The van der Waals surface area contributed by atoms with Gasteiger partial charge in [0.25, 0.3) is 0 Å². The molecule has 2 heterocycles. The largest absolute Gasteiger partial charge is 0.456 e. The van der Waals surface area contributed by atoms with E-state index >= 15 is 0 Å². The summed E-state index contributed by atoms with van der Waals surface area (Å²) >= 11 is 0. The Hall–Kier alpha value is -7.17. The Morgan fingerprint density at radius 1 is 0.321 bits per heavy atom. The molecule has 0 saturated carbocycles. The van der Waals surface area contributed by atoms with Crippen LogP contribution < -0.4 is 4.90 Å². The van der Waals surface area contributed by atoms with Crippen LogP contribution in [0.15, 0.2) is 203 Å².